The maximum atomic E-state index is 12.7. The van der Waals surface area contributed by atoms with Gasteiger partial charge in [0.2, 0.25) is 0 Å². The first-order chi connectivity index (χ1) is 12.6. The Morgan fingerprint density at radius 3 is 2.58 bits per heavy atom. The predicted molar refractivity (Wildman–Crippen MR) is 102 cm³/mol. The standard InChI is InChI=1S/C21H23N3O2/c1-14-3-8-18-19(13-14)23-20(22-18)15-9-11-24(12-10-15)21(25)16-4-6-17(26-2)7-5-16/h3-8,13,15H,9-12H2,1-2H3,(H,22,23). The number of imidazole rings is 1. The highest BCUT2D eigenvalue weighted by molar-refractivity contribution is 5.94. The second-order valence-electron chi connectivity index (χ2n) is 6.94. The zero-order chi connectivity index (χ0) is 18.1. The maximum Gasteiger partial charge on any atom is 0.253 e. The largest absolute Gasteiger partial charge is 0.497 e. The number of fused-ring (bicyclic) bond motifs is 1. The minimum absolute atomic E-state index is 0.0892. The van der Waals surface area contributed by atoms with Crippen LogP contribution in [-0.2, 0) is 0 Å². The predicted octanol–water partition coefficient (Wildman–Crippen LogP) is 3.90. The quantitative estimate of drug-likeness (QED) is 0.780. The lowest BCUT2D eigenvalue weighted by atomic mass is 9.95. The second kappa shape index (κ2) is 6.83. The second-order valence-corrected chi connectivity index (χ2v) is 6.94. The van der Waals surface area contributed by atoms with Crippen molar-refractivity contribution in [2.24, 2.45) is 0 Å². The van der Waals surface area contributed by atoms with Crippen LogP contribution in [0.25, 0.3) is 11.0 Å². The van der Waals surface area contributed by atoms with Crippen LogP contribution in [0.4, 0.5) is 0 Å². The Morgan fingerprint density at radius 2 is 1.88 bits per heavy atom. The molecule has 3 aromatic rings. The minimum atomic E-state index is 0.0892. The van der Waals surface area contributed by atoms with Crippen molar-refractivity contribution < 1.29 is 9.53 Å². The fraction of sp³-hybridized carbons (Fsp3) is 0.333. The molecule has 5 heteroatoms. The van der Waals surface area contributed by atoms with Crippen molar-refractivity contribution in [3.8, 4) is 5.75 Å². The summed E-state index contributed by atoms with van der Waals surface area (Å²) in [6.07, 6.45) is 1.86. The molecule has 1 saturated heterocycles. The normalized spacial score (nSPS) is 15.4. The number of aromatic amines is 1. The third-order valence-electron chi connectivity index (χ3n) is 5.16. The van der Waals surface area contributed by atoms with Crippen molar-refractivity contribution in [3.05, 3.63) is 59.4 Å². The zero-order valence-corrected chi connectivity index (χ0v) is 15.2. The van der Waals surface area contributed by atoms with E-state index in [-0.39, 0.29) is 5.91 Å². The molecule has 4 rings (SSSR count). The van der Waals surface area contributed by atoms with Crippen molar-refractivity contribution in [1.82, 2.24) is 14.9 Å². The Labute approximate surface area is 153 Å². The monoisotopic (exact) mass is 349 g/mol. The van der Waals surface area contributed by atoms with Crippen molar-refractivity contribution in [3.63, 3.8) is 0 Å². The number of hydrogen-bond donors (Lipinski definition) is 1. The summed E-state index contributed by atoms with van der Waals surface area (Å²) in [6, 6.07) is 13.6. The van der Waals surface area contributed by atoms with E-state index in [0.29, 0.717) is 11.5 Å². The van der Waals surface area contributed by atoms with Crippen molar-refractivity contribution >= 4 is 16.9 Å². The van der Waals surface area contributed by atoms with Gasteiger partial charge in [-0.3, -0.25) is 4.79 Å². The van der Waals surface area contributed by atoms with E-state index < -0.39 is 0 Å². The zero-order valence-electron chi connectivity index (χ0n) is 15.2. The third-order valence-corrected chi connectivity index (χ3v) is 5.16. The maximum absolute atomic E-state index is 12.7. The summed E-state index contributed by atoms with van der Waals surface area (Å²) in [5, 5.41) is 0. The van der Waals surface area contributed by atoms with Gasteiger partial charge in [0, 0.05) is 24.6 Å². The molecule has 0 saturated carbocycles. The number of nitrogens with one attached hydrogen (secondary N) is 1. The van der Waals surface area contributed by atoms with Gasteiger partial charge >= 0.3 is 0 Å². The molecule has 0 bridgehead atoms. The molecule has 1 fully saturated rings. The molecule has 0 aliphatic carbocycles. The fourth-order valence-electron chi connectivity index (χ4n) is 3.61. The van der Waals surface area contributed by atoms with E-state index in [2.05, 4.69) is 30.1 Å². The number of aromatic nitrogens is 2. The summed E-state index contributed by atoms with van der Waals surface area (Å²) in [7, 11) is 1.63. The lowest BCUT2D eigenvalue weighted by Crippen LogP contribution is -2.38. The van der Waals surface area contributed by atoms with E-state index in [1.165, 1.54) is 5.56 Å². The first kappa shape index (κ1) is 16.6. The van der Waals surface area contributed by atoms with Crippen molar-refractivity contribution in [2.75, 3.05) is 20.2 Å². The molecule has 1 aliphatic rings. The number of H-pyrrole nitrogens is 1. The van der Waals surface area contributed by atoms with Crippen LogP contribution in [0.2, 0.25) is 0 Å². The molecule has 26 heavy (non-hydrogen) atoms. The van der Waals surface area contributed by atoms with Gasteiger partial charge in [-0.25, -0.2) is 4.98 Å². The van der Waals surface area contributed by atoms with Crippen LogP contribution in [0.5, 0.6) is 5.75 Å². The number of nitrogens with zero attached hydrogens (tertiary/aromatic N) is 2. The number of likely N-dealkylation sites (tertiary alicyclic amines) is 1. The lowest BCUT2D eigenvalue weighted by Gasteiger charge is -2.31. The van der Waals surface area contributed by atoms with E-state index in [0.717, 1.165) is 48.5 Å². The van der Waals surface area contributed by atoms with Gasteiger partial charge in [0.1, 0.15) is 11.6 Å². The van der Waals surface area contributed by atoms with Crippen LogP contribution in [-0.4, -0.2) is 41.0 Å². The van der Waals surface area contributed by atoms with Crippen LogP contribution >= 0.6 is 0 Å². The number of rotatable bonds is 3. The molecule has 5 nitrogen and oxygen atoms in total. The van der Waals surface area contributed by atoms with Gasteiger partial charge in [0.15, 0.2) is 0 Å². The van der Waals surface area contributed by atoms with Crippen LogP contribution < -0.4 is 4.74 Å². The average molecular weight is 349 g/mol. The van der Waals surface area contributed by atoms with E-state index in [1.54, 1.807) is 7.11 Å². The summed E-state index contributed by atoms with van der Waals surface area (Å²) in [4.78, 5) is 22.8. The molecule has 0 spiro atoms. The SMILES string of the molecule is COc1ccc(C(=O)N2CCC(c3nc4ccc(C)cc4[nH]3)CC2)cc1. The molecule has 1 aliphatic heterocycles. The number of benzene rings is 2. The Hall–Kier alpha value is -2.82. The number of methoxy groups -OCH3 is 1. The molecule has 0 unspecified atom stereocenters. The lowest BCUT2D eigenvalue weighted by molar-refractivity contribution is 0.0711. The number of ether oxygens (including phenoxy) is 1. The molecular formula is C21H23N3O2. The van der Waals surface area contributed by atoms with Crippen molar-refractivity contribution in [2.45, 2.75) is 25.7 Å². The van der Waals surface area contributed by atoms with Gasteiger partial charge in [-0.15, -0.1) is 0 Å². The highest BCUT2D eigenvalue weighted by Gasteiger charge is 2.26. The van der Waals surface area contributed by atoms with Gasteiger partial charge in [0.05, 0.1) is 18.1 Å². The Bertz CT molecular complexity index is 922. The first-order valence-corrected chi connectivity index (χ1v) is 9.03. The summed E-state index contributed by atoms with van der Waals surface area (Å²) < 4.78 is 5.15. The van der Waals surface area contributed by atoms with Gasteiger partial charge < -0.3 is 14.6 Å². The molecule has 0 radical (unpaired) electrons. The summed E-state index contributed by atoms with van der Waals surface area (Å²) in [5.74, 6) is 2.27. The minimum Gasteiger partial charge on any atom is -0.497 e. The highest BCUT2D eigenvalue weighted by atomic mass is 16.5. The molecule has 134 valence electrons. The highest BCUT2D eigenvalue weighted by Crippen LogP contribution is 2.28. The Balaban J connectivity index is 1.43. The Morgan fingerprint density at radius 1 is 1.15 bits per heavy atom. The number of carbonyl (C=O) groups is 1. The van der Waals surface area contributed by atoms with Gasteiger partial charge in [-0.2, -0.15) is 0 Å². The molecule has 2 heterocycles. The number of piperidine rings is 1. The molecular weight excluding hydrogens is 326 g/mol. The van der Waals surface area contributed by atoms with E-state index >= 15 is 0 Å². The van der Waals surface area contributed by atoms with Crippen LogP contribution in [0.1, 0.15) is 40.5 Å². The molecule has 2 aromatic carbocycles. The summed E-state index contributed by atoms with van der Waals surface area (Å²) in [6.45, 7) is 3.60. The first-order valence-electron chi connectivity index (χ1n) is 9.03. The van der Waals surface area contributed by atoms with Gasteiger partial charge in [0.25, 0.3) is 5.91 Å². The fourth-order valence-corrected chi connectivity index (χ4v) is 3.61. The average Bonchev–Trinajstić information content (AvgIpc) is 3.11. The van der Waals surface area contributed by atoms with Crippen molar-refractivity contribution in [1.29, 1.82) is 0 Å². The number of aryl methyl sites for hydroxylation is 1. The van der Waals surface area contributed by atoms with Crippen LogP contribution in [0, 0.1) is 6.92 Å². The van der Waals surface area contributed by atoms with E-state index in [1.807, 2.05) is 29.2 Å². The summed E-state index contributed by atoms with van der Waals surface area (Å²) >= 11 is 0. The molecule has 1 amide bonds. The third kappa shape index (κ3) is 3.17. The van der Waals surface area contributed by atoms with Gasteiger partial charge in [-0.1, -0.05) is 6.07 Å². The molecule has 1 aromatic heterocycles. The topological polar surface area (TPSA) is 58.2 Å². The molecule has 0 atom stereocenters. The Kier molecular flexibility index (Phi) is 4.37. The van der Waals surface area contributed by atoms with E-state index in [9.17, 15) is 4.79 Å². The van der Waals surface area contributed by atoms with Crippen LogP contribution in [0.3, 0.4) is 0 Å². The number of amides is 1. The number of hydrogen-bond acceptors (Lipinski definition) is 3. The van der Waals surface area contributed by atoms with E-state index in [4.69, 9.17) is 9.72 Å². The number of carbonyl (C=O) groups excluding carboxylic acids is 1. The molecule has 1 N–H and O–H groups in total. The van der Waals surface area contributed by atoms with Gasteiger partial charge in [-0.05, 0) is 61.7 Å². The summed E-state index contributed by atoms with van der Waals surface area (Å²) in [5.41, 5.74) is 4.05. The smallest absolute Gasteiger partial charge is 0.253 e. The van der Waals surface area contributed by atoms with Crippen LogP contribution in [0.15, 0.2) is 42.5 Å².